The Morgan fingerprint density at radius 3 is 2.81 bits per heavy atom. The third kappa shape index (κ3) is 5.77. The maximum absolute atomic E-state index is 13.3. The molecule has 2 fully saturated rings. The van der Waals surface area contributed by atoms with Crippen molar-refractivity contribution in [2.75, 3.05) is 5.73 Å². The second kappa shape index (κ2) is 10.8. The SMILES string of the molecule is Nc1nc(/C(=N\OC2(C(=O)O)CC2)C(=O)N[C@@H]2C(=O)N(S(=O)(=O)O)[C@@H]2Cn2ncc(CSC3Cn4cnc[n+]4C3)n2)cs1. The smallest absolute Gasteiger partial charge is 0.362 e. The lowest BCUT2D eigenvalue weighted by atomic mass is 9.98. The molecule has 0 radical (unpaired) electrons. The van der Waals surface area contributed by atoms with E-state index in [4.69, 9.17) is 10.6 Å². The summed E-state index contributed by atoms with van der Waals surface area (Å²) in [4.78, 5) is 51.9. The van der Waals surface area contributed by atoms with Crippen molar-refractivity contribution in [3.8, 4) is 0 Å². The minimum atomic E-state index is -4.99. The summed E-state index contributed by atoms with van der Waals surface area (Å²) in [5, 5.41) is 25.8. The predicted molar refractivity (Wildman–Crippen MR) is 145 cm³/mol. The highest BCUT2D eigenvalue weighted by molar-refractivity contribution is 7.99. The van der Waals surface area contributed by atoms with Crippen LogP contribution in [0.2, 0.25) is 0 Å². The lowest BCUT2D eigenvalue weighted by molar-refractivity contribution is -0.758. The van der Waals surface area contributed by atoms with Crippen molar-refractivity contribution in [1.29, 1.82) is 0 Å². The van der Waals surface area contributed by atoms with Crippen LogP contribution in [-0.4, -0.2) is 98.5 Å². The van der Waals surface area contributed by atoms with E-state index in [-0.39, 0.29) is 34.5 Å². The highest BCUT2D eigenvalue weighted by Gasteiger charge is 2.56. The molecular formula is C21H24N11O8S3+. The number of carbonyl (C=O) groups excluding carboxylic acids is 2. The number of β-lactam (4-membered cyclic amide) rings is 1. The Hall–Kier alpha value is -4.15. The number of nitrogens with two attached hydrogens (primary N) is 1. The highest BCUT2D eigenvalue weighted by Crippen LogP contribution is 2.40. The molecule has 6 rings (SSSR count). The number of hydrogen-bond donors (Lipinski definition) is 4. The largest absolute Gasteiger partial charge is 0.478 e. The van der Waals surface area contributed by atoms with Crippen LogP contribution in [0.3, 0.4) is 0 Å². The van der Waals surface area contributed by atoms with Crippen LogP contribution in [0, 0.1) is 0 Å². The number of amides is 2. The Bertz CT molecular complexity index is 1710. The van der Waals surface area contributed by atoms with Gasteiger partial charge in [-0.2, -0.15) is 32.8 Å². The fourth-order valence-corrected chi connectivity index (χ4v) is 7.07. The van der Waals surface area contributed by atoms with Gasteiger partial charge in [-0.05, 0) is 4.98 Å². The molecule has 1 saturated heterocycles. The zero-order chi connectivity index (χ0) is 30.5. The Morgan fingerprint density at radius 2 is 2.16 bits per heavy atom. The van der Waals surface area contributed by atoms with E-state index in [9.17, 15) is 32.5 Å². The number of fused-ring (bicyclic) bond motifs is 1. The predicted octanol–water partition coefficient (Wildman–Crippen LogP) is -2.35. The minimum absolute atomic E-state index is 0.0447. The normalized spacial score (nSPS) is 22.6. The topological polar surface area (TPSA) is 254 Å². The molecule has 22 heteroatoms. The van der Waals surface area contributed by atoms with E-state index in [0.717, 1.165) is 24.4 Å². The first-order valence-electron chi connectivity index (χ1n) is 12.7. The van der Waals surface area contributed by atoms with Gasteiger partial charge < -0.3 is 21.0 Å². The number of carboxylic acids is 1. The van der Waals surface area contributed by atoms with Crippen LogP contribution >= 0.6 is 23.1 Å². The van der Waals surface area contributed by atoms with Crippen LogP contribution in [-0.2, 0) is 54.9 Å². The number of aromatic nitrogens is 7. The summed E-state index contributed by atoms with van der Waals surface area (Å²) in [6.45, 7) is 1.29. The van der Waals surface area contributed by atoms with Gasteiger partial charge in [0.15, 0.2) is 10.8 Å². The number of anilines is 1. The molecular weight excluding hydrogens is 631 g/mol. The van der Waals surface area contributed by atoms with Gasteiger partial charge in [0.1, 0.15) is 24.3 Å². The van der Waals surface area contributed by atoms with Gasteiger partial charge in [-0.1, -0.05) is 5.16 Å². The molecule has 1 saturated carbocycles. The monoisotopic (exact) mass is 654 g/mol. The number of rotatable bonds is 12. The minimum Gasteiger partial charge on any atom is -0.478 e. The highest BCUT2D eigenvalue weighted by atomic mass is 32.2. The van der Waals surface area contributed by atoms with E-state index >= 15 is 0 Å². The fraction of sp³-hybridized carbons (Fsp3) is 0.476. The number of nitrogens with zero attached hydrogens (tertiary/aromatic N) is 9. The van der Waals surface area contributed by atoms with Crippen LogP contribution < -0.4 is 15.7 Å². The van der Waals surface area contributed by atoms with E-state index in [1.54, 1.807) is 24.4 Å². The maximum Gasteiger partial charge on any atom is 0.362 e. The van der Waals surface area contributed by atoms with E-state index in [2.05, 4.69) is 30.6 Å². The van der Waals surface area contributed by atoms with Crippen LogP contribution in [0.25, 0.3) is 0 Å². The Kier molecular flexibility index (Phi) is 7.30. The molecule has 3 aromatic heterocycles. The van der Waals surface area contributed by atoms with Gasteiger partial charge in [-0.15, -0.1) is 23.1 Å². The number of hydrogen-bond acceptors (Lipinski definition) is 14. The van der Waals surface area contributed by atoms with Gasteiger partial charge in [0.25, 0.3) is 11.8 Å². The molecule has 0 aromatic carbocycles. The summed E-state index contributed by atoms with van der Waals surface area (Å²) in [5.74, 6) is -2.86. The summed E-state index contributed by atoms with van der Waals surface area (Å²) in [6.07, 6.45) is 5.36. The van der Waals surface area contributed by atoms with Gasteiger partial charge in [0, 0.05) is 24.0 Å². The summed E-state index contributed by atoms with van der Waals surface area (Å²) in [6, 6.07) is -2.73. The van der Waals surface area contributed by atoms with Crippen molar-refractivity contribution in [1.82, 2.24) is 39.3 Å². The molecule has 5 heterocycles. The van der Waals surface area contributed by atoms with Crippen LogP contribution in [0.1, 0.15) is 24.2 Å². The van der Waals surface area contributed by atoms with Crippen molar-refractivity contribution in [2.24, 2.45) is 5.16 Å². The molecule has 5 N–H and O–H groups in total. The zero-order valence-electron chi connectivity index (χ0n) is 22.0. The average molecular weight is 655 g/mol. The Morgan fingerprint density at radius 1 is 1.37 bits per heavy atom. The standard InChI is InChI=1S/C21H23N11O8S3/c22-20-25-13(8-42-20)15(28-40-21(1-2-21)19(35)36)17(33)26-16-14(32(18(16)34)43(37,38)39)6-31-24-3-11(27-31)7-41-12-4-29-9-23-10-30(29)5-12/h3,8-10,12,14,16H,1-2,4-7H2,(H4-,22,25,26,33,35,36,37,38,39)/p+1/b28-15+/t14-,16+/m1/s1. The Labute approximate surface area is 250 Å². The molecule has 0 spiro atoms. The lowest BCUT2D eigenvalue weighted by Gasteiger charge is -2.43. The average Bonchev–Trinajstić information content (AvgIpc) is 3.31. The number of thiazole rings is 1. The van der Waals surface area contributed by atoms with Crippen LogP contribution in [0.5, 0.6) is 0 Å². The van der Waals surface area contributed by atoms with E-state index in [0.29, 0.717) is 16.7 Å². The van der Waals surface area contributed by atoms with Gasteiger partial charge in [0.2, 0.25) is 11.9 Å². The number of carbonyl (C=O) groups is 3. The molecule has 1 aliphatic carbocycles. The van der Waals surface area contributed by atoms with Gasteiger partial charge in [-0.3, -0.25) is 14.1 Å². The summed E-state index contributed by atoms with van der Waals surface area (Å²) in [5.41, 5.74) is 4.19. The fourth-order valence-electron chi connectivity index (χ4n) is 4.60. The number of thioether (sulfide) groups is 1. The van der Waals surface area contributed by atoms with Crippen molar-refractivity contribution < 1.29 is 42.0 Å². The molecule has 228 valence electrons. The van der Waals surface area contributed by atoms with E-state index < -0.39 is 51.5 Å². The summed E-state index contributed by atoms with van der Waals surface area (Å²) in [7, 11) is -4.99. The van der Waals surface area contributed by atoms with Gasteiger partial charge in [-0.25, -0.2) is 14.1 Å². The van der Waals surface area contributed by atoms with E-state index in [1.807, 2.05) is 9.36 Å². The molecule has 2 atom stereocenters. The van der Waals surface area contributed by atoms with Crippen molar-refractivity contribution in [3.05, 3.63) is 35.6 Å². The molecule has 2 aliphatic heterocycles. The molecule has 3 aromatic rings. The molecule has 2 amide bonds. The quantitative estimate of drug-likeness (QED) is 0.0525. The van der Waals surface area contributed by atoms with Gasteiger partial charge >= 0.3 is 22.6 Å². The first-order valence-corrected chi connectivity index (χ1v) is 16.0. The number of aliphatic carboxylic acids is 1. The second-order valence-electron chi connectivity index (χ2n) is 9.98. The summed E-state index contributed by atoms with van der Waals surface area (Å²) >= 11 is 2.64. The molecule has 0 unspecified atom stereocenters. The summed E-state index contributed by atoms with van der Waals surface area (Å²) < 4.78 is 37.9. The van der Waals surface area contributed by atoms with Crippen LogP contribution in [0.4, 0.5) is 5.13 Å². The first-order chi connectivity index (χ1) is 20.4. The third-order valence-corrected chi connectivity index (χ3v) is 9.86. The van der Waals surface area contributed by atoms with Gasteiger partial charge in [0.05, 0.1) is 30.2 Å². The van der Waals surface area contributed by atoms with Crippen molar-refractivity contribution in [2.45, 2.75) is 61.2 Å². The Balaban J connectivity index is 1.15. The number of oxime groups is 1. The number of carboxylic acid groups (broad SMARTS) is 1. The maximum atomic E-state index is 13.3. The zero-order valence-corrected chi connectivity index (χ0v) is 24.4. The molecule has 0 bridgehead atoms. The van der Waals surface area contributed by atoms with Crippen molar-refractivity contribution >= 4 is 62.0 Å². The second-order valence-corrected chi connectivity index (χ2v) is 13.4. The first kappa shape index (κ1) is 28.9. The number of nitrogen functional groups attached to an aromatic ring is 1. The van der Waals surface area contributed by atoms with E-state index in [1.165, 1.54) is 16.4 Å². The van der Waals surface area contributed by atoms with Crippen LogP contribution in [0.15, 0.2) is 29.4 Å². The molecule has 3 aliphatic rings. The number of nitrogens with one attached hydrogen (secondary N) is 1. The molecule has 43 heavy (non-hydrogen) atoms. The third-order valence-electron chi connectivity index (χ3n) is 7.00. The van der Waals surface area contributed by atoms with Crippen molar-refractivity contribution in [3.63, 3.8) is 0 Å². The lowest BCUT2D eigenvalue weighted by Crippen LogP contribution is -2.73. The molecule has 19 nitrogen and oxygen atoms in total.